The number of amides is 2. The van der Waals surface area contributed by atoms with Gasteiger partial charge in [-0.15, -0.1) is 11.3 Å². The molecule has 152 valence electrons. The average Bonchev–Trinajstić information content (AvgIpc) is 3.24. The van der Waals surface area contributed by atoms with Crippen LogP contribution in [0.3, 0.4) is 0 Å². The van der Waals surface area contributed by atoms with Crippen molar-refractivity contribution in [2.45, 2.75) is 57.4 Å². The zero-order valence-corrected chi connectivity index (χ0v) is 17.9. The molecule has 3 aliphatic rings. The van der Waals surface area contributed by atoms with Gasteiger partial charge in [0.2, 0.25) is 5.96 Å². The Hall–Kier alpha value is -1.89. The summed E-state index contributed by atoms with van der Waals surface area (Å²) in [5, 5.41) is 2.87. The highest BCUT2D eigenvalue weighted by Gasteiger charge is 2.47. The van der Waals surface area contributed by atoms with Crippen LogP contribution in [-0.4, -0.2) is 60.3 Å². The Balaban J connectivity index is 1.42. The van der Waals surface area contributed by atoms with Crippen LogP contribution in [0.25, 0.3) is 0 Å². The number of guanidine groups is 1. The Morgan fingerprint density at radius 1 is 1.39 bits per heavy atom. The van der Waals surface area contributed by atoms with Crippen LogP contribution in [0.5, 0.6) is 0 Å². The van der Waals surface area contributed by atoms with E-state index in [4.69, 9.17) is 0 Å². The molecular weight excluding hydrogens is 372 g/mol. The Kier molecular flexibility index (Phi) is 5.21. The number of hydrogen-bond acceptors (Lipinski definition) is 5. The quantitative estimate of drug-likeness (QED) is 0.845. The third-order valence-electron chi connectivity index (χ3n) is 6.36. The minimum Gasteiger partial charge on any atom is -0.349 e. The molecule has 4 rings (SSSR count). The van der Waals surface area contributed by atoms with Crippen LogP contribution in [0.4, 0.5) is 0 Å². The number of likely N-dealkylation sites (tertiary alicyclic amines) is 1. The Labute approximate surface area is 171 Å². The van der Waals surface area contributed by atoms with Gasteiger partial charge in [0.05, 0.1) is 4.88 Å². The molecule has 0 aromatic carbocycles. The van der Waals surface area contributed by atoms with Crippen molar-refractivity contribution in [1.29, 1.82) is 0 Å². The SMILES string of the molecule is CCCC1CCc2sc(C(=O)N3CCC4(CC3)N=C(N(C)C)NC4=O)cc2C1. The molecule has 6 nitrogen and oxygen atoms in total. The number of piperidine rings is 1. The second kappa shape index (κ2) is 7.50. The topological polar surface area (TPSA) is 65.0 Å². The van der Waals surface area contributed by atoms with Crippen molar-refractivity contribution < 1.29 is 9.59 Å². The molecule has 1 aromatic rings. The van der Waals surface area contributed by atoms with E-state index in [1.165, 1.54) is 29.7 Å². The van der Waals surface area contributed by atoms with Crippen molar-refractivity contribution >= 4 is 29.1 Å². The molecule has 1 saturated heterocycles. The minimum absolute atomic E-state index is 0.0307. The van der Waals surface area contributed by atoms with E-state index in [0.717, 1.165) is 23.6 Å². The summed E-state index contributed by atoms with van der Waals surface area (Å²) in [6.07, 6.45) is 7.18. The highest BCUT2D eigenvalue weighted by Crippen LogP contribution is 2.36. The molecule has 1 N–H and O–H groups in total. The molecule has 2 amide bonds. The largest absolute Gasteiger partial charge is 0.349 e. The fraction of sp³-hybridized carbons (Fsp3) is 0.667. The van der Waals surface area contributed by atoms with Crippen molar-refractivity contribution in [2.24, 2.45) is 10.9 Å². The van der Waals surface area contributed by atoms with E-state index in [1.54, 1.807) is 11.3 Å². The number of thiophene rings is 1. The molecule has 0 bridgehead atoms. The van der Waals surface area contributed by atoms with Gasteiger partial charge < -0.3 is 9.80 Å². The first-order valence-electron chi connectivity index (χ1n) is 10.4. The van der Waals surface area contributed by atoms with Crippen LogP contribution in [0, 0.1) is 5.92 Å². The number of nitrogens with one attached hydrogen (secondary N) is 1. The number of nitrogens with zero attached hydrogens (tertiary/aromatic N) is 3. The summed E-state index contributed by atoms with van der Waals surface area (Å²) in [6.45, 7) is 3.41. The van der Waals surface area contributed by atoms with E-state index in [9.17, 15) is 9.59 Å². The monoisotopic (exact) mass is 402 g/mol. The highest BCUT2D eigenvalue weighted by atomic mass is 32.1. The maximum absolute atomic E-state index is 13.1. The van der Waals surface area contributed by atoms with Gasteiger partial charge in [-0.05, 0) is 49.7 Å². The lowest BCUT2D eigenvalue weighted by atomic mass is 9.85. The molecule has 1 atom stereocenters. The Bertz CT molecular complexity index is 805. The van der Waals surface area contributed by atoms with Gasteiger partial charge in [0.25, 0.3) is 11.8 Å². The number of carbonyl (C=O) groups is 2. The molecule has 1 fully saturated rings. The molecule has 1 spiro atoms. The van der Waals surface area contributed by atoms with Gasteiger partial charge in [-0.3, -0.25) is 14.9 Å². The number of aliphatic imine (C=N–C) groups is 1. The first-order valence-corrected chi connectivity index (χ1v) is 11.2. The summed E-state index contributed by atoms with van der Waals surface area (Å²) >= 11 is 1.68. The molecule has 2 aliphatic heterocycles. The second-order valence-electron chi connectivity index (χ2n) is 8.56. The lowest BCUT2D eigenvalue weighted by Crippen LogP contribution is -2.50. The summed E-state index contributed by atoms with van der Waals surface area (Å²) < 4.78 is 0. The van der Waals surface area contributed by atoms with Gasteiger partial charge in [-0.1, -0.05) is 19.8 Å². The summed E-state index contributed by atoms with van der Waals surface area (Å²) in [5.74, 6) is 1.49. The van der Waals surface area contributed by atoms with Crippen molar-refractivity contribution in [3.63, 3.8) is 0 Å². The molecule has 0 saturated carbocycles. The summed E-state index contributed by atoms with van der Waals surface area (Å²) in [4.78, 5) is 36.2. The standard InChI is InChI=1S/C21H30N4O2S/c1-4-5-14-6-7-16-15(12-14)13-17(28-16)18(26)25-10-8-21(9-11-25)19(27)22-20(23-21)24(2)3/h13-14H,4-12H2,1-3H3,(H,22,23,27). The maximum Gasteiger partial charge on any atom is 0.263 e. The summed E-state index contributed by atoms with van der Waals surface area (Å²) in [6, 6.07) is 2.14. The number of fused-ring (bicyclic) bond motifs is 1. The number of aryl methyl sites for hydroxylation is 1. The van der Waals surface area contributed by atoms with Crippen LogP contribution < -0.4 is 5.32 Å². The summed E-state index contributed by atoms with van der Waals surface area (Å²) in [5.41, 5.74) is 0.695. The number of carbonyl (C=O) groups excluding carboxylic acids is 2. The molecule has 0 radical (unpaired) electrons. The second-order valence-corrected chi connectivity index (χ2v) is 9.70. The van der Waals surface area contributed by atoms with Gasteiger partial charge in [-0.2, -0.15) is 0 Å². The van der Waals surface area contributed by atoms with Crippen LogP contribution in [0.1, 0.15) is 59.1 Å². The Morgan fingerprint density at radius 3 is 2.79 bits per heavy atom. The van der Waals surface area contributed by atoms with E-state index < -0.39 is 5.54 Å². The first-order chi connectivity index (χ1) is 13.4. The zero-order chi connectivity index (χ0) is 19.9. The minimum atomic E-state index is -0.696. The normalized spacial score (nSPS) is 23.4. The summed E-state index contributed by atoms with van der Waals surface area (Å²) in [7, 11) is 3.75. The van der Waals surface area contributed by atoms with Gasteiger partial charge in [0.1, 0.15) is 5.54 Å². The van der Waals surface area contributed by atoms with E-state index >= 15 is 0 Å². The van der Waals surface area contributed by atoms with Crippen LogP contribution in [-0.2, 0) is 17.6 Å². The lowest BCUT2D eigenvalue weighted by Gasteiger charge is -2.35. The van der Waals surface area contributed by atoms with Gasteiger partial charge in [0.15, 0.2) is 0 Å². The van der Waals surface area contributed by atoms with Crippen molar-refractivity contribution in [3.8, 4) is 0 Å². The number of rotatable bonds is 3. The fourth-order valence-electron chi connectivity index (χ4n) is 4.64. The van der Waals surface area contributed by atoms with Crippen molar-refractivity contribution in [1.82, 2.24) is 15.1 Å². The third kappa shape index (κ3) is 3.45. The zero-order valence-electron chi connectivity index (χ0n) is 17.1. The van der Waals surface area contributed by atoms with Gasteiger partial charge in [-0.25, -0.2) is 4.99 Å². The van der Waals surface area contributed by atoms with E-state index in [1.807, 2.05) is 23.9 Å². The smallest absolute Gasteiger partial charge is 0.263 e. The molecular formula is C21H30N4O2S. The Morgan fingerprint density at radius 2 is 2.14 bits per heavy atom. The van der Waals surface area contributed by atoms with Crippen molar-refractivity contribution in [2.75, 3.05) is 27.2 Å². The molecule has 28 heavy (non-hydrogen) atoms. The predicted octanol–water partition coefficient (Wildman–Crippen LogP) is 2.68. The fourth-order valence-corrected chi connectivity index (χ4v) is 5.82. The maximum atomic E-state index is 13.1. The van der Waals surface area contributed by atoms with E-state index in [0.29, 0.717) is 31.9 Å². The van der Waals surface area contributed by atoms with E-state index in [2.05, 4.69) is 23.3 Å². The van der Waals surface area contributed by atoms with Crippen molar-refractivity contribution in [3.05, 3.63) is 21.4 Å². The van der Waals surface area contributed by atoms with Crippen LogP contribution >= 0.6 is 11.3 Å². The number of hydrogen-bond donors (Lipinski definition) is 1. The van der Waals surface area contributed by atoms with Gasteiger partial charge >= 0.3 is 0 Å². The molecule has 7 heteroatoms. The van der Waals surface area contributed by atoms with Crippen LogP contribution in [0.15, 0.2) is 11.1 Å². The highest BCUT2D eigenvalue weighted by molar-refractivity contribution is 7.14. The van der Waals surface area contributed by atoms with E-state index in [-0.39, 0.29) is 11.8 Å². The average molecular weight is 403 g/mol. The predicted molar refractivity (Wildman–Crippen MR) is 112 cm³/mol. The molecule has 1 aromatic heterocycles. The first kappa shape index (κ1) is 19.4. The molecule has 1 aliphatic carbocycles. The molecule has 1 unspecified atom stereocenters. The van der Waals surface area contributed by atoms with Crippen LogP contribution in [0.2, 0.25) is 0 Å². The lowest BCUT2D eigenvalue weighted by molar-refractivity contribution is -0.125. The third-order valence-corrected chi connectivity index (χ3v) is 7.59. The molecule has 3 heterocycles. The van der Waals surface area contributed by atoms with Gasteiger partial charge in [0, 0.05) is 32.1 Å².